The molecule has 0 spiro atoms. The summed E-state index contributed by atoms with van der Waals surface area (Å²) < 4.78 is 14.9. The van der Waals surface area contributed by atoms with Crippen LogP contribution in [0.3, 0.4) is 0 Å². The normalized spacial score (nSPS) is 15.3. The Balaban J connectivity index is 1.31. The second-order valence-corrected chi connectivity index (χ2v) is 9.80. The highest BCUT2D eigenvalue weighted by atomic mass is 19.1. The van der Waals surface area contributed by atoms with Crippen LogP contribution in [0.1, 0.15) is 43.4 Å². The van der Waals surface area contributed by atoms with Gasteiger partial charge in [-0.3, -0.25) is 9.59 Å². The second-order valence-electron chi connectivity index (χ2n) is 9.80. The van der Waals surface area contributed by atoms with Gasteiger partial charge < -0.3 is 25.5 Å². The number of rotatable bonds is 5. The zero-order chi connectivity index (χ0) is 25.9. The third-order valence-electron chi connectivity index (χ3n) is 6.41. The van der Waals surface area contributed by atoms with Gasteiger partial charge in [0.05, 0.1) is 5.60 Å². The highest BCUT2D eigenvalue weighted by molar-refractivity contribution is 6.35. The summed E-state index contributed by atoms with van der Waals surface area (Å²) in [6.45, 7) is 4.97. The van der Waals surface area contributed by atoms with E-state index in [0.717, 1.165) is 16.7 Å². The number of carbonyl (C=O) groups is 3. The molecule has 8 nitrogen and oxygen atoms in total. The predicted molar refractivity (Wildman–Crippen MR) is 134 cm³/mol. The van der Waals surface area contributed by atoms with Crippen molar-refractivity contribution in [2.45, 2.75) is 45.4 Å². The molecule has 2 aromatic rings. The molecule has 4 amide bonds. The van der Waals surface area contributed by atoms with Gasteiger partial charge >= 0.3 is 17.8 Å². The number of fused-ring (bicyclic) bond motifs is 1. The Hall–Kier alpha value is -3.72. The summed E-state index contributed by atoms with van der Waals surface area (Å²) in [5.74, 6) is -1.83. The Morgan fingerprint density at radius 1 is 1.06 bits per heavy atom. The SMILES string of the molecule is CC(C)(O)CCNC(=O)C(=O)N1CC=C(c2ccc(NC(=O)N3Cc4ccccc4C3)cc2F)CC1. The Morgan fingerprint density at radius 3 is 2.33 bits per heavy atom. The van der Waals surface area contributed by atoms with Crippen LogP contribution >= 0.6 is 0 Å². The molecule has 2 aliphatic heterocycles. The van der Waals surface area contributed by atoms with Gasteiger partial charge in [-0.1, -0.05) is 30.3 Å². The summed E-state index contributed by atoms with van der Waals surface area (Å²) in [4.78, 5) is 40.2. The number of hydrogen-bond donors (Lipinski definition) is 3. The Labute approximate surface area is 209 Å². The molecule has 2 aromatic carbocycles. The molecular weight excluding hydrogens is 463 g/mol. The largest absolute Gasteiger partial charge is 0.390 e. The fourth-order valence-corrected chi connectivity index (χ4v) is 4.33. The lowest BCUT2D eigenvalue weighted by molar-refractivity contribution is -0.145. The Morgan fingerprint density at radius 2 is 1.75 bits per heavy atom. The molecular formula is C27H31FN4O4. The van der Waals surface area contributed by atoms with Crippen molar-refractivity contribution in [3.63, 3.8) is 0 Å². The van der Waals surface area contributed by atoms with E-state index in [1.54, 1.807) is 37.0 Å². The van der Waals surface area contributed by atoms with Gasteiger partial charge in [-0.25, -0.2) is 9.18 Å². The molecule has 0 unspecified atom stereocenters. The number of hydrogen-bond acceptors (Lipinski definition) is 4. The minimum atomic E-state index is -0.929. The van der Waals surface area contributed by atoms with Crippen molar-refractivity contribution in [3.05, 3.63) is 71.0 Å². The highest BCUT2D eigenvalue weighted by Gasteiger charge is 2.26. The van der Waals surface area contributed by atoms with Crippen molar-refractivity contribution in [1.82, 2.24) is 15.1 Å². The van der Waals surface area contributed by atoms with E-state index < -0.39 is 23.2 Å². The first-order chi connectivity index (χ1) is 17.1. The van der Waals surface area contributed by atoms with Crippen LogP contribution in [0.5, 0.6) is 0 Å². The highest BCUT2D eigenvalue weighted by Crippen LogP contribution is 2.28. The number of halogens is 1. The van der Waals surface area contributed by atoms with E-state index >= 15 is 0 Å². The van der Waals surface area contributed by atoms with Gasteiger partial charge in [-0.2, -0.15) is 0 Å². The molecule has 0 aliphatic carbocycles. The molecule has 0 fully saturated rings. The van der Waals surface area contributed by atoms with Gasteiger partial charge in [0.2, 0.25) is 0 Å². The number of urea groups is 1. The van der Waals surface area contributed by atoms with Crippen molar-refractivity contribution in [2.24, 2.45) is 0 Å². The van der Waals surface area contributed by atoms with Crippen molar-refractivity contribution < 1.29 is 23.9 Å². The molecule has 0 aromatic heterocycles. The molecule has 0 radical (unpaired) electrons. The number of anilines is 1. The van der Waals surface area contributed by atoms with Crippen molar-refractivity contribution in [1.29, 1.82) is 0 Å². The molecule has 0 saturated heterocycles. The van der Waals surface area contributed by atoms with Gasteiger partial charge in [-0.05, 0) is 61.6 Å². The van der Waals surface area contributed by atoms with E-state index in [1.807, 2.05) is 24.3 Å². The number of carbonyl (C=O) groups excluding carboxylic acids is 3. The van der Waals surface area contributed by atoms with Crippen LogP contribution in [-0.4, -0.2) is 58.0 Å². The number of amides is 4. The number of benzene rings is 2. The lowest BCUT2D eigenvalue weighted by Crippen LogP contribution is -2.45. The van der Waals surface area contributed by atoms with E-state index in [-0.39, 0.29) is 25.7 Å². The van der Waals surface area contributed by atoms with Crippen LogP contribution in [0.25, 0.3) is 5.57 Å². The summed E-state index contributed by atoms with van der Waals surface area (Å²) >= 11 is 0. The van der Waals surface area contributed by atoms with Gasteiger partial charge in [0.15, 0.2) is 0 Å². The van der Waals surface area contributed by atoms with Crippen LogP contribution in [0.2, 0.25) is 0 Å². The van der Waals surface area contributed by atoms with Gasteiger partial charge in [0, 0.05) is 44.0 Å². The molecule has 36 heavy (non-hydrogen) atoms. The molecule has 0 bridgehead atoms. The number of aliphatic hydroxyl groups is 1. The molecule has 2 heterocycles. The van der Waals surface area contributed by atoms with Gasteiger partial charge in [0.1, 0.15) is 5.82 Å². The first-order valence-corrected chi connectivity index (χ1v) is 12.0. The summed E-state index contributed by atoms with van der Waals surface area (Å²) in [6.07, 6.45) is 2.47. The van der Waals surface area contributed by atoms with Crippen LogP contribution in [0.15, 0.2) is 48.5 Å². The van der Waals surface area contributed by atoms with Gasteiger partial charge in [-0.15, -0.1) is 0 Å². The maximum absolute atomic E-state index is 14.9. The first kappa shape index (κ1) is 25.4. The average Bonchev–Trinajstić information content (AvgIpc) is 3.28. The van der Waals surface area contributed by atoms with Crippen molar-refractivity contribution >= 4 is 29.1 Å². The summed E-state index contributed by atoms with van der Waals surface area (Å²) in [5.41, 5.74) is 2.81. The molecule has 4 rings (SSSR count). The fraction of sp³-hybridized carbons (Fsp3) is 0.370. The van der Waals surface area contributed by atoms with E-state index in [0.29, 0.717) is 37.2 Å². The molecule has 0 atom stereocenters. The molecule has 2 aliphatic rings. The predicted octanol–water partition coefficient (Wildman–Crippen LogP) is 3.27. The van der Waals surface area contributed by atoms with Crippen LogP contribution < -0.4 is 10.6 Å². The van der Waals surface area contributed by atoms with Crippen molar-refractivity contribution in [2.75, 3.05) is 25.0 Å². The average molecular weight is 495 g/mol. The van der Waals surface area contributed by atoms with E-state index in [2.05, 4.69) is 10.6 Å². The quantitative estimate of drug-likeness (QED) is 0.556. The summed E-state index contributed by atoms with van der Waals surface area (Å²) in [6, 6.07) is 12.2. The number of nitrogens with zero attached hydrogens (tertiary/aromatic N) is 2. The monoisotopic (exact) mass is 494 g/mol. The zero-order valence-electron chi connectivity index (χ0n) is 20.5. The first-order valence-electron chi connectivity index (χ1n) is 12.0. The lowest BCUT2D eigenvalue weighted by Gasteiger charge is -2.26. The molecule has 0 saturated carbocycles. The maximum Gasteiger partial charge on any atom is 0.322 e. The maximum atomic E-state index is 14.9. The van der Waals surface area contributed by atoms with Crippen LogP contribution in [-0.2, 0) is 22.7 Å². The van der Waals surface area contributed by atoms with E-state index in [4.69, 9.17) is 0 Å². The second kappa shape index (κ2) is 10.5. The van der Waals surface area contributed by atoms with E-state index in [9.17, 15) is 23.9 Å². The fourth-order valence-electron chi connectivity index (χ4n) is 4.33. The molecule has 9 heteroatoms. The van der Waals surface area contributed by atoms with Crippen molar-refractivity contribution in [3.8, 4) is 0 Å². The Bertz CT molecular complexity index is 1180. The zero-order valence-corrected chi connectivity index (χ0v) is 20.5. The summed E-state index contributed by atoms with van der Waals surface area (Å²) in [5, 5.41) is 15.0. The Kier molecular flexibility index (Phi) is 7.40. The minimum Gasteiger partial charge on any atom is -0.390 e. The molecule has 190 valence electrons. The standard InChI is InChI=1S/C27H31FN4O4/c1-27(2,36)11-12-29-24(33)25(34)31-13-9-18(10-14-31)22-8-7-21(15-23(22)28)30-26(35)32-16-19-5-3-4-6-20(19)17-32/h3-9,15,36H,10-14,16-17H2,1-2H3,(H,29,33)(H,30,35). The van der Waals surface area contributed by atoms with E-state index in [1.165, 1.54) is 11.0 Å². The van der Waals surface area contributed by atoms with Crippen LogP contribution in [0.4, 0.5) is 14.9 Å². The number of nitrogens with one attached hydrogen (secondary N) is 2. The smallest absolute Gasteiger partial charge is 0.322 e. The third kappa shape index (κ3) is 6.09. The topological polar surface area (TPSA) is 102 Å². The third-order valence-corrected chi connectivity index (χ3v) is 6.41. The summed E-state index contributed by atoms with van der Waals surface area (Å²) in [7, 11) is 0. The minimum absolute atomic E-state index is 0.195. The van der Waals surface area contributed by atoms with Gasteiger partial charge in [0.25, 0.3) is 0 Å². The molecule has 3 N–H and O–H groups in total. The lowest BCUT2D eigenvalue weighted by atomic mass is 9.98. The van der Waals surface area contributed by atoms with Crippen LogP contribution in [0, 0.1) is 5.82 Å².